The van der Waals surface area contributed by atoms with Crippen molar-refractivity contribution in [2.75, 3.05) is 26.0 Å². The molecule has 0 unspecified atom stereocenters. The first-order valence-electron chi connectivity index (χ1n) is 12.2. The molecule has 2 aromatic carbocycles. The third-order valence-electron chi connectivity index (χ3n) is 5.51. The van der Waals surface area contributed by atoms with E-state index in [2.05, 4.69) is 20.3 Å². The highest BCUT2D eigenvalue weighted by molar-refractivity contribution is 7.99. The number of rotatable bonds is 11. The number of hydrogen-bond acceptors (Lipinski definition) is 7. The van der Waals surface area contributed by atoms with Gasteiger partial charge >= 0.3 is 0 Å². The van der Waals surface area contributed by atoms with Gasteiger partial charge in [0.15, 0.2) is 5.78 Å². The number of carbonyl (C=O) groups is 2. The Hall–Kier alpha value is -4.14. The largest absolute Gasteiger partial charge is 0.323 e. The van der Waals surface area contributed by atoms with Crippen LogP contribution in [0.4, 0.5) is 5.69 Å². The Labute approximate surface area is 227 Å². The lowest BCUT2D eigenvalue weighted by Crippen LogP contribution is -2.13. The standard InChI is InChI=1S/C30H29N5O2S/c1-35(2)15-5-9-29(37)34-25-12-10-24(11-13-25)28(36)18-23-7-3-6-22(16-23)17-26-19-30(33-21-32-26)38-27-8-4-14-31-20-27/h3-14,16,19-21H,15,17-18H2,1-2H3,(H,34,37)/b9-5+. The Morgan fingerprint density at radius 2 is 1.79 bits per heavy atom. The average molecular weight is 524 g/mol. The number of nitrogens with zero attached hydrogens (tertiary/aromatic N) is 4. The monoisotopic (exact) mass is 523 g/mol. The van der Waals surface area contributed by atoms with Crippen LogP contribution in [-0.2, 0) is 17.6 Å². The molecule has 4 rings (SSSR count). The molecule has 38 heavy (non-hydrogen) atoms. The van der Waals surface area contributed by atoms with Gasteiger partial charge in [0, 0.05) is 59.7 Å². The highest BCUT2D eigenvalue weighted by Gasteiger charge is 2.09. The van der Waals surface area contributed by atoms with Crippen LogP contribution in [0.25, 0.3) is 0 Å². The Kier molecular flexibility index (Phi) is 9.50. The molecular formula is C30H29N5O2S. The fourth-order valence-electron chi connectivity index (χ4n) is 3.70. The molecule has 1 N–H and O–H groups in total. The molecule has 0 bridgehead atoms. The molecule has 0 spiro atoms. The summed E-state index contributed by atoms with van der Waals surface area (Å²) in [5.74, 6) is -0.183. The molecule has 2 heterocycles. The van der Waals surface area contributed by atoms with Gasteiger partial charge in [-0.05, 0) is 67.7 Å². The van der Waals surface area contributed by atoms with Crippen LogP contribution in [0.1, 0.15) is 27.2 Å². The first-order chi connectivity index (χ1) is 18.4. The van der Waals surface area contributed by atoms with Crippen LogP contribution in [-0.4, -0.2) is 52.2 Å². The second-order valence-electron chi connectivity index (χ2n) is 8.97. The molecule has 0 atom stereocenters. The maximum Gasteiger partial charge on any atom is 0.248 e. The van der Waals surface area contributed by atoms with E-state index >= 15 is 0 Å². The zero-order chi connectivity index (χ0) is 26.7. The zero-order valence-corrected chi connectivity index (χ0v) is 22.2. The van der Waals surface area contributed by atoms with E-state index in [-0.39, 0.29) is 11.7 Å². The lowest BCUT2D eigenvalue weighted by atomic mass is 9.99. The van der Waals surface area contributed by atoms with Crippen LogP contribution in [0.5, 0.6) is 0 Å². The smallest absolute Gasteiger partial charge is 0.248 e. The van der Waals surface area contributed by atoms with E-state index in [1.165, 1.54) is 6.08 Å². The van der Waals surface area contributed by atoms with Crippen LogP contribution in [0, 0.1) is 0 Å². The van der Waals surface area contributed by atoms with Gasteiger partial charge in [0.1, 0.15) is 11.4 Å². The van der Waals surface area contributed by atoms with Crippen molar-refractivity contribution in [3.63, 3.8) is 0 Å². The van der Waals surface area contributed by atoms with Gasteiger partial charge in [0.2, 0.25) is 5.91 Å². The lowest BCUT2D eigenvalue weighted by Gasteiger charge is -2.08. The SMILES string of the molecule is CN(C)C/C=C/C(=O)Nc1ccc(C(=O)Cc2cccc(Cc3cc(Sc4cccnc4)ncn3)c2)cc1. The number of amides is 1. The molecule has 0 aliphatic heterocycles. The Bertz CT molecular complexity index is 1410. The molecule has 192 valence electrons. The number of benzene rings is 2. The van der Waals surface area contributed by atoms with Gasteiger partial charge in [-0.3, -0.25) is 14.6 Å². The molecule has 8 heteroatoms. The van der Waals surface area contributed by atoms with Crippen molar-refractivity contribution in [1.29, 1.82) is 0 Å². The summed E-state index contributed by atoms with van der Waals surface area (Å²) in [4.78, 5) is 40.8. The van der Waals surface area contributed by atoms with Crippen LogP contribution in [0.15, 0.2) is 108 Å². The van der Waals surface area contributed by atoms with Crippen LogP contribution in [0.2, 0.25) is 0 Å². The van der Waals surface area contributed by atoms with E-state index in [0.717, 1.165) is 26.7 Å². The van der Waals surface area contributed by atoms with Crippen molar-refractivity contribution >= 4 is 29.1 Å². The summed E-state index contributed by atoms with van der Waals surface area (Å²) in [6, 6.07) is 20.9. The maximum absolute atomic E-state index is 12.9. The van der Waals surface area contributed by atoms with E-state index in [0.29, 0.717) is 30.6 Å². The Morgan fingerprint density at radius 3 is 2.55 bits per heavy atom. The summed E-state index contributed by atoms with van der Waals surface area (Å²) in [6.07, 6.45) is 9.37. The fourth-order valence-corrected chi connectivity index (χ4v) is 4.49. The number of anilines is 1. The molecule has 0 saturated carbocycles. The van der Waals surface area contributed by atoms with E-state index in [1.807, 2.05) is 61.5 Å². The molecule has 2 aromatic heterocycles. The molecule has 0 aliphatic rings. The molecule has 4 aromatic rings. The highest BCUT2D eigenvalue weighted by atomic mass is 32.2. The maximum atomic E-state index is 12.9. The van der Waals surface area contributed by atoms with Crippen molar-refractivity contribution in [2.45, 2.75) is 22.8 Å². The first kappa shape index (κ1) is 26.9. The van der Waals surface area contributed by atoms with Crippen LogP contribution >= 0.6 is 11.8 Å². The van der Waals surface area contributed by atoms with Gasteiger partial charge < -0.3 is 10.2 Å². The topological polar surface area (TPSA) is 88.1 Å². The number of Topliss-reactive ketones (excluding diaryl/α,β-unsaturated/α-hetero) is 1. The highest BCUT2D eigenvalue weighted by Crippen LogP contribution is 2.25. The number of ketones is 1. The molecule has 0 aliphatic carbocycles. The predicted octanol–water partition coefficient (Wildman–Crippen LogP) is 5.10. The van der Waals surface area contributed by atoms with Gasteiger partial charge in [-0.25, -0.2) is 9.97 Å². The van der Waals surface area contributed by atoms with Crippen molar-refractivity contribution in [2.24, 2.45) is 0 Å². The van der Waals surface area contributed by atoms with Crippen molar-refractivity contribution in [3.8, 4) is 0 Å². The van der Waals surface area contributed by atoms with Gasteiger partial charge in [-0.2, -0.15) is 0 Å². The Morgan fingerprint density at radius 1 is 0.974 bits per heavy atom. The third kappa shape index (κ3) is 8.47. The quantitative estimate of drug-likeness (QED) is 0.166. The summed E-state index contributed by atoms with van der Waals surface area (Å²) in [5, 5.41) is 3.67. The Balaban J connectivity index is 1.34. The number of likely N-dealkylation sites (N-methyl/N-ethyl adjacent to an activating group) is 1. The zero-order valence-electron chi connectivity index (χ0n) is 21.4. The average Bonchev–Trinajstić information content (AvgIpc) is 2.90. The number of aromatic nitrogens is 3. The third-order valence-corrected chi connectivity index (χ3v) is 6.42. The summed E-state index contributed by atoms with van der Waals surface area (Å²) in [5.41, 5.74) is 4.17. The summed E-state index contributed by atoms with van der Waals surface area (Å²) >= 11 is 1.54. The van der Waals surface area contributed by atoms with E-state index < -0.39 is 0 Å². The molecule has 0 radical (unpaired) electrons. The minimum absolute atomic E-state index is 0.0168. The van der Waals surface area contributed by atoms with Gasteiger partial charge in [0.05, 0.1) is 0 Å². The summed E-state index contributed by atoms with van der Waals surface area (Å²) < 4.78 is 0. The van der Waals surface area contributed by atoms with Gasteiger partial charge in [0.25, 0.3) is 0 Å². The van der Waals surface area contributed by atoms with E-state index in [9.17, 15) is 9.59 Å². The number of nitrogens with one attached hydrogen (secondary N) is 1. The van der Waals surface area contributed by atoms with Crippen molar-refractivity contribution in [1.82, 2.24) is 19.9 Å². The molecule has 1 amide bonds. The lowest BCUT2D eigenvalue weighted by molar-refractivity contribution is -0.111. The second-order valence-corrected chi connectivity index (χ2v) is 10.1. The normalized spacial score (nSPS) is 11.1. The fraction of sp³-hybridized carbons (Fsp3) is 0.167. The van der Waals surface area contributed by atoms with E-state index in [4.69, 9.17) is 0 Å². The van der Waals surface area contributed by atoms with E-state index in [1.54, 1.807) is 60.8 Å². The minimum atomic E-state index is -0.200. The van der Waals surface area contributed by atoms with Crippen molar-refractivity contribution in [3.05, 3.63) is 120 Å². The van der Waals surface area contributed by atoms with Crippen molar-refractivity contribution < 1.29 is 9.59 Å². The van der Waals surface area contributed by atoms with Crippen LogP contribution < -0.4 is 5.32 Å². The van der Waals surface area contributed by atoms with Gasteiger partial charge in [-0.1, -0.05) is 42.1 Å². The molecular weight excluding hydrogens is 494 g/mol. The first-order valence-corrected chi connectivity index (χ1v) is 13.0. The number of hydrogen-bond donors (Lipinski definition) is 1. The van der Waals surface area contributed by atoms with Crippen LogP contribution in [0.3, 0.4) is 0 Å². The summed E-state index contributed by atoms with van der Waals surface area (Å²) in [7, 11) is 3.87. The molecule has 0 fully saturated rings. The minimum Gasteiger partial charge on any atom is -0.323 e. The molecule has 7 nitrogen and oxygen atoms in total. The predicted molar refractivity (Wildman–Crippen MR) is 150 cm³/mol. The second kappa shape index (κ2) is 13.4. The number of pyridine rings is 1. The summed E-state index contributed by atoms with van der Waals surface area (Å²) in [6.45, 7) is 0.688. The van der Waals surface area contributed by atoms with Gasteiger partial charge in [-0.15, -0.1) is 0 Å². The molecule has 0 saturated heterocycles. The number of carbonyl (C=O) groups excluding carboxylic acids is 2.